The van der Waals surface area contributed by atoms with Gasteiger partial charge in [-0.3, -0.25) is 4.79 Å². The van der Waals surface area contributed by atoms with Crippen molar-refractivity contribution in [2.24, 2.45) is 0 Å². The SMILES string of the molecule is CCCN(C)C(=O)c1cc(Cl)c(Br)c(S(=O)(=O)Cl)c1. The Bertz CT molecular complexity index is 604. The average Bonchev–Trinajstić information content (AvgIpc) is 2.30. The highest BCUT2D eigenvalue weighted by Crippen LogP contribution is 2.33. The second kappa shape index (κ2) is 6.43. The van der Waals surface area contributed by atoms with Crippen molar-refractivity contribution in [1.82, 2.24) is 4.90 Å². The normalized spacial score (nSPS) is 11.4. The van der Waals surface area contributed by atoms with E-state index in [9.17, 15) is 13.2 Å². The Labute approximate surface area is 130 Å². The molecule has 1 rings (SSSR count). The van der Waals surface area contributed by atoms with Gasteiger partial charge in [0.2, 0.25) is 0 Å². The number of benzene rings is 1. The highest BCUT2D eigenvalue weighted by Gasteiger charge is 2.21. The summed E-state index contributed by atoms with van der Waals surface area (Å²) >= 11 is 8.96. The predicted molar refractivity (Wildman–Crippen MR) is 79.4 cm³/mol. The Morgan fingerprint density at radius 2 is 2.00 bits per heavy atom. The predicted octanol–water partition coefficient (Wildman–Crippen LogP) is 3.51. The number of amides is 1. The molecule has 0 aliphatic carbocycles. The lowest BCUT2D eigenvalue weighted by Crippen LogP contribution is -2.27. The van der Waals surface area contributed by atoms with Crippen LogP contribution >= 0.6 is 38.2 Å². The van der Waals surface area contributed by atoms with E-state index < -0.39 is 9.05 Å². The molecule has 0 aromatic heterocycles. The molecule has 1 aromatic carbocycles. The number of carbonyl (C=O) groups excluding carboxylic acids is 1. The van der Waals surface area contributed by atoms with Crippen molar-refractivity contribution in [1.29, 1.82) is 0 Å². The zero-order valence-electron chi connectivity index (χ0n) is 10.3. The number of hydrogen-bond acceptors (Lipinski definition) is 3. The first-order chi connectivity index (χ1) is 8.68. The van der Waals surface area contributed by atoms with E-state index in [4.69, 9.17) is 22.3 Å². The minimum atomic E-state index is -3.98. The zero-order valence-corrected chi connectivity index (χ0v) is 14.2. The summed E-state index contributed by atoms with van der Waals surface area (Å²) in [4.78, 5) is 13.4. The summed E-state index contributed by atoms with van der Waals surface area (Å²) in [7, 11) is 2.97. The van der Waals surface area contributed by atoms with Crippen LogP contribution in [0.5, 0.6) is 0 Å². The van der Waals surface area contributed by atoms with Crippen LogP contribution in [0.3, 0.4) is 0 Å². The number of halogens is 3. The third kappa shape index (κ3) is 4.08. The quantitative estimate of drug-likeness (QED) is 0.741. The van der Waals surface area contributed by atoms with Gasteiger partial charge in [-0.15, -0.1) is 0 Å². The van der Waals surface area contributed by atoms with E-state index in [0.717, 1.165) is 6.42 Å². The Morgan fingerprint density at radius 1 is 1.42 bits per heavy atom. The molecule has 0 fully saturated rings. The first-order valence-corrected chi connectivity index (χ1v) is 8.85. The molecule has 0 saturated heterocycles. The van der Waals surface area contributed by atoms with Crippen LogP contribution in [0, 0.1) is 0 Å². The molecule has 0 radical (unpaired) electrons. The molecule has 0 atom stereocenters. The molecule has 0 aliphatic heterocycles. The van der Waals surface area contributed by atoms with Gasteiger partial charge in [0.25, 0.3) is 15.0 Å². The third-order valence-electron chi connectivity index (χ3n) is 2.41. The maximum Gasteiger partial charge on any atom is 0.262 e. The van der Waals surface area contributed by atoms with Crippen molar-refractivity contribution < 1.29 is 13.2 Å². The van der Waals surface area contributed by atoms with Crippen LogP contribution in [0.2, 0.25) is 5.02 Å². The molecule has 19 heavy (non-hydrogen) atoms. The van der Waals surface area contributed by atoms with E-state index >= 15 is 0 Å². The van der Waals surface area contributed by atoms with Crippen molar-refractivity contribution in [3.63, 3.8) is 0 Å². The molecule has 0 aliphatic rings. The molecule has 0 saturated carbocycles. The summed E-state index contributed by atoms with van der Waals surface area (Å²) in [5, 5.41) is 0.120. The smallest absolute Gasteiger partial charge is 0.262 e. The molecule has 0 bridgehead atoms. The second-order valence-corrected chi connectivity index (χ2v) is 7.67. The minimum Gasteiger partial charge on any atom is -0.342 e. The van der Waals surface area contributed by atoms with Crippen LogP contribution in [-0.4, -0.2) is 32.8 Å². The van der Waals surface area contributed by atoms with Crippen molar-refractivity contribution in [3.8, 4) is 0 Å². The molecule has 0 spiro atoms. The van der Waals surface area contributed by atoms with Gasteiger partial charge in [0.1, 0.15) is 0 Å². The molecule has 8 heteroatoms. The third-order valence-corrected chi connectivity index (χ3v) is 5.40. The summed E-state index contributed by atoms with van der Waals surface area (Å²) in [6, 6.07) is 2.62. The fraction of sp³-hybridized carbons (Fsp3) is 0.364. The highest BCUT2D eigenvalue weighted by atomic mass is 79.9. The van der Waals surface area contributed by atoms with Gasteiger partial charge in [0, 0.05) is 29.8 Å². The topological polar surface area (TPSA) is 54.5 Å². The lowest BCUT2D eigenvalue weighted by Gasteiger charge is -2.17. The van der Waals surface area contributed by atoms with Gasteiger partial charge in [-0.25, -0.2) is 8.42 Å². The molecule has 0 heterocycles. The van der Waals surface area contributed by atoms with E-state index in [0.29, 0.717) is 6.54 Å². The fourth-order valence-electron chi connectivity index (χ4n) is 1.52. The Morgan fingerprint density at radius 3 is 2.47 bits per heavy atom. The van der Waals surface area contributed by atoms with Gasteiger partial charge in [0.15, 0.2) is 0 Å². The maximum atomic E-state index is 12.1. The number of nitrogens with zero attached hydrogens (tertiary/aromatic N) is 1. The van der Waals surface area contributed by atoms with Gasteiger partial charge in [0.05, 0.1) is 14.4 Å². The lowest BCUT2D eigenvalue weighted by molar-refractivity contribution is 0.0795. The first kappa shape index (κ1) is 16.8. The standard InChI is InChI=1S/C11H12BrCl2NO3S/c1-3-4-15(2)11(16)7-5-8(13)10(12)9(6-7)19(14,17)18/h5-6H,3-4H2,1-2H3. The number of rotatable bonds is 4. The zero-order chi connectivity index (χ0) is 14.8. The number of carbonyl (C=O) groups is 1. The van der Waals surface area contributed by atoms with Crippen molar-refractivity contribution >= 4 is 53.2 Å². The van der Waals surface area contributed by atoms with Crippen LogP contribution < -0.4 is 0 Å². The Hall–Kier alpha value is -0.300. The monoisotopic (exact) mass is 387 g/mol. The molecule has 106 valence electrons. The first-order valence-electron chi connectivity index (χ1n) is 5.37. The lowest BCUT2D eigenvalue weighted by atomic mass is 10.2. The summed E-state index contributed by atoms with van der Waals surface area (Å²) in [5.74, 6) is -0.308. The molecule has 1 amide bonds. The maximum absolute atomic E-state index is 12.1. The van der Waals surface area contributed by atoms with Crippen molar-refractivity contribution in [2.45, 2.75) is 18.2 Å². The molecule has 0 N–H and O–H groups in total. The van der Waals surface area contributed by atoms with Crippen LogP contribution in [0.4, 0.5) is 0 Å². The molecular formula is C11H12BrCl2NO3S. The van der Waals surface area contributed by atoms with Gasteiger partial charge in [-0.1, -0.05) is 18.5 Å². The minimum absolute atomic E-state index is 0.120. The molecule has 0 unspecified atom stereocenters. The van der Waals surface area contributed by atoms with E-state index in [-0.39, 0.29) is 25.9 Å². The van der Waals surface area contributed by atoms with E-state index in [1.807, 2.05) is 6.92 Å². The van der Waals surface area contributed by atoms with Crippen LogP contribution in [0.25, 0.3) is 0 Å². The molecular weight excluding hydrogens is 377 g/mol. The Kier molecular flexibility index (Phi) is 5.67. The Balaban J connectivity index is 3.33. The van der Waals surface area contributed by atoms with Crippen molar-refractivity contribution in [3.05, 3.63) is 27.2 Å². The van der Waals surface area contributed by atoms with E-state index in [2.05, 4.69) is 15.9 Å². The van der Waals surface area contributed by atoms with Gasteiger partial charge in [-0.05, 0) is 34.5 Å². The molecule has 1 aromatic rings. The fourth-order valence-corrected chi connectivity index (χ4v) is 3.90. The summed E-state index contributed by atoms with van der Waals surface area (Å²) in [6.07, 6.45) is 0.799. The average molecular weight is 389 g/mol. The van der Waals surface area contributed by atoms with Gasteiger partial charge < -0.3 is 4.90 Å². The largest absolute Gasteiger partial charge is 0.342 e. The van der Waals surface area contributed by atoms with Crippen molar-refractivity contribution in [2.75, 3.05) is 13.6 Å². The molecule has 4 nitrogen and oxygen atoms in total. The van der Waals surface area contributed by atoms with Crippen LogP contribution in [0.15, 0.2) is 21.5 Å². The van der Waals surface area contributed by atoms with Crippen LogP contribution in [-0.2, 0) is 9.05 Å². The van der Waals surface area contributed by atoms with Crippen LogP contribution in [0.1, 0.15) is 23.7 Å². The van der Waals surface area contributed by atoms with E-state index in [1.165, 1.54) is 17.0 Å². The summed E-state index contributed by atoms with van der Waals surface area (Å²) in [5.41, 5.74) is 0.184. The second-order valence-electron chi connectivity index (χ2n) is 3.93. The summed E-state index contributed by atoms with van der Waals surface area (Å²) < 4.78 is 23.0. The summed E-state index contributed by atoms with van der Waals surface area (Å²) in [6.45, 7) is 2.50. The highest BCUT2D eigenvalue weighted by molar-refractivity contribution is 9.10. The number of hydrogen-bond donors (Lipinski definition) is 0. The van der Waals surface area contributed by atoms with Gasteiger partial charge in [-0.2, -0.15) is 0 Å². The van der Waals surface area contributed by atoms with Gasteiger partial charge >= 0.3 is 0 Å². The van der Waals surface area contributed by atoms with E-state index in [1.54, 1.807) is 7.05 Å².